The molecule has 0 bridgehead atoms. The molecule has 1 atom stereocenters. The smallest absolute Gasteiger partial charge is 0.224 e. The maximum Gasteiger partial charge on any atom is 0.224 e. The maximum atomic E-state index is 12.7. The molecule has 0 aliphatic heterocycles. The summed E-state index contributed by atoms with van der Waals surface area (Å²) >= 11 is 0. The Kier molecular flexibility index (Phi) is 5.08. The van der Waals surface area contributed by atoms with Crippen LogP contribution >= 0.6 is 0 Å². The van der Waals surface area contributed by atoms with Crippen molar-refractivity contribution in [2.45, 2.75) is 33.2 Å². The molecular weight excluding hydrogens is 362 g/mol. The normalized spacial score (nSPS) is 12.1. The van der Waals surface area contributed by atoms with Gasteiger partial charge in [0.2, 0.25) is 5.91 Å². The third-order valence-corrected chi connectivity index (χ3v) is 5.16. The molecule has 6 nitrogen and oxygen atoms in total. The lowest BCUT2D eigenvalue weighted by Crippen LogP contribution is -2.29. The van der Waals surface area contributed by atoms with Gasteiger partial charge < -0.3 is 10.3 Å². The zero-order valence-electron chi connectivity index (χ0n) is 16.7. The molecule has 0 saturated heterocycles. The Labute approximate surface area is 169 Å². The number of nitrogens with zero attached hydrogens (tertiary/aromatic N) is 3. The van der Waals surface area contributed by atoms with Crippen molar-refractivity contribution in [2.75, 3.05) is 0 Å². The molecule has 29 heavy (non-hydrogen) atoms. The molecule has 0 spiro atoms. The molecule has 3 heterocycles. The van der Waals surface area contributed by atoms with E-state index in [1.165, 1.54) is 0 Å². The Balaban J connectivity index is 1.49. The van der Waals surface area contributed by atoms with Crippen LogP contribution in [0.3, 0.4) is 0 Å². The fourth-order valence-corrected chi connectivity index (χ4v) is 3.63. The highest BCUT2D eigenvalue weighted by Crippen LogP contribution is 2.23. The number of benzene rings is 1. The average Bonchev–Trinajstić information content (AvgIpc) is 3.03. The van der Waals surface area contributed by atoms with Crippen molar-refractivity contribution in [3.8, 4) is 11.4 Å². The molecule has 1 amide bonds. The number of hydrogen-bond donors (Lipinski definition) is 2. The van der Waals surface area contributed by atoms with E-state index >= 15 is 0 Å². The van der Waals surface area contributed by atoms with Crippen LogP contribution in [0.1, 0.15) is 35.5 Å². The number of rotatable bonds is 5. The number of H-pyrrole nitrogens is 1. The van der Waals surface area contributed by atoms with Crippen molar-refractivity contribution in [3.05, 3.63) is 77.5 Å². The second-order valence-corrected chi connectivity index (χ2v) is 7.21. The molecule has 2 N–H and O–H groups in total. The number of nitrogens with one attached hydrogen (secondary N) is 2. The number of amides is 1. The topological polar surface area (TPSA) is 83.6 Å². The molecule has 4 rings (SSSR count). The summed E-state index contributed by atoms with van der Waals surface area (Å²) in [7, 11) is 0. The summed E-state index contributed by atoms with van der Waals surface area (Å²) in [6, 6.07) is 11.6. The molecule has 1 aromatic carbocycles. The largest absolute Gasteiger partial charge is 0.358 e. The number of para-hydroxylation sites is 1. The second kappa shape index (κ2) is 7.83. The van der Waals surface area contributed by atoms with E-state index in [1.807, 2.05) is 57.2 Å². The van der Waals surface area contributed by atoms with Gasteiger partial charge in [-0.15, -0.1) is 0 Å². The maximum absolute atomic E-state index is 12.7. The van der Waals surface area contributed by atoms with E-state index in [0.29, 0.717) is 12.2 Å². The highest BCUT2D eigenvalue weighted by atomic mass is 16.1. The van der Waals surface area contributed by atoms with E-state index in [-0.39, 0.29) is 11.9 Å². The zero-order valence-corrected chi connectivity index (χ0v) is 16.7. The Morgan fingerprint density at radius 1 is 1.14 bits per heavy atom. The minimum Gasteiger partial charge on any atom is -0.358 e. The number of aromatic nitrogens is 4. The summed E-state index contributed by atoms with van der Waals surface area (Å²) in [6.07, 6.45) is 5.56. The van der Waals surface area contributed by atoms with Crippen molar-refractivity contribution in [2.24, 2.45) is 0 Å². The molecule has 0 unspecified atom stereocenters. The van der Waals surface area contributed by atoms with Gasteiger partial charge >= 0.3 is 0 Å². The van der Waals surface area contributed by atoms with E-state index < -0.39 is 0 Å². The lowest BCUT2D eigenvalue weighted by atomic mass is 10.1. The molecule has 146 valence electrons. The molecule has 0 saturated carbocycles. The van der Waals surface area contributed by atoms with Gasteiger partial charge in [-0.2, -0.15) is 0 Å². The molecule has 3 aromatic heterocycles. The predicted molar refractivity (Wildman–Crippen MR) is 113 cm³/mol. The standard InChI is InChI=1S/C23H23N5O/c1-14-19(18-6-4-5-7-21(18)26-14)12-22(29)27-15(2)20-13-25-23(28-16(20)3)17-8-10-24-11-9-17/h4-11,13,15,26H,12H2,1-3H3,(H,27,29)/t15-/m1/s1. The van der Waals surface area contributed by atoms with Gasteiger partial charge in [0.25, 0.3) is 0 Å². The quantitative estimate of drug-likeness (QED) is 0.543. The van der Waals surface area contributed by atoms with Crippen molar-refractivity contribution >= 4 is 16.8 Å². The number of hydrogen-bond acceptors (Lipinski definition) is 4. The van der Waals surface area contributed by atoms with Crippen LogP contribution in [0.4, 0.5) is 0 Å². The van der Waals surface area contributed by atoms with Crippen LogP contribution in [0.25, 0.3) is 22.3 Å². The van der Waals surface area contributed by atoms with Crippen molar-refractivity contribution in [1.29, 1.82) is 0 Å². The molecule has 0 aliphatic carbocycles. The van der Waals surface area contributed by atoms with E-state index in [4.69, 9.17) is 0 Å². The lowest BCUT2D eigenvalue weighted by Gasteiger charge is -2.16. The summed E-state index contributed by atoms with van der Waals surface area (Å²) < 4.78 is 0. The van der Waals surface area contributed by atoms with Crippen LogP contribution in [0.5, 0.6) is 0 Å². The third-order valence-electron chi connectivity index (χ3n) is 5.16. The van der Waals surface area contributed by atoms with Crippen LogP contribution in [0.15, 0.2) is 55.0 Å². The summed E-state index contributed by atoms with van der Waals surface area (Å²) in [4.78, 5) is 29.2. The first-order chi connectivity index (χ1) is 14.0. The van der Waals surface area contributed by atoms with E-state index in [9.17, 15) is 4.79 Å². The van der Waals surface area contributed by atoms with Gasteiger partial charge in [-0.05, 0) is 44.5 Å². The zero-order chi connectivity index (χ0) is 20.4. The monoisotopic (exact) mass is 385 g/mol. The Morgan fingerprint density at radius 3 is 2.66 bits per heavy atom. The van der Waals surface area contributed by atoms with Gasteiger partial charge in [0.1, 0.15) is 0 Å². The predicted octanol–water partition coefficient (Wildman–Crippen LogP) is 4.06. The number of fused-ring (bicyclic) bond motifs is 1. The third kappa shape index (κ3) is 3.87. The summed E-state index contributed by atoms with van der Waals surface area (Å²) in [5.74, 6) is 0.629. The van der Waals surface area contributed by atoms with Crippen LogP contribution in [0, 0.1) is 13.8 Å². The fourth-order valence-electron chi connectivity index (χ4n) is 3.63. The minimum atomic E-state index is -0.181. The SMILES string of the molecule is Cc1nc(-c2ccncc2)ncc1[C@@H](C)NC(=O)Cc1c(C)[nH]c2ccccc12. The van der Waals surface area contributed by atoms with Crippen molar-refractivity contribution < 1.29 is 4.79 Å². The van der Waals surface area contributed by atoms with Gasteiger partial charge in [-0.25, -0.2) is 9.97 Å². The number of aromatic amines is 1. The minimum absolute atomic E-state index is 0.0250. The van der Waals surface area contributed by atoms with Gasteiger partial charge in [-0.3, -0.25) is 9.78 Å². The van der Waals surface area contributed by atoms with Gasteiger partial charge in [0.05, 0.1) is 12.5 Å². The number of aryl methyl sites for hydroxylation is 2. The van der Waals surface area contributed by atoms with E-state index in [1.54, 1.807) is 18.6 Å². The first-order valence-corrected chi connectivity index (χ1v) is 9.62. The fraction of sp³-hybridized carbons (Fsp3) is 0.217. The number of carbonyl (C=O) groups is 1. The number of carbonyl (C=O) groups excluding carboxylic acids is 1. The molecule has 0 aliphatic rings. The highest BCUT2D eigenvalue weighted by Gasteiger charge is 2.17. The Bertz CT molecular complexity index is 1170. The van der Waals surface area contributed by atoms with E-state index in [0.717, 1.165) is 39.0 Å². The summed E-state index contributed by atoms with van der Waals surface area (Å²) in [5.41, 5.74) is 5.79. The van der Waals surface area contributed by atoms with Crippen molar-refractivity contribution in [1.82, 2.24) is 25.3 Å². The average molecular weight is 385 g/mol. The molecular formula is C23H23N5O. The highest BCUT2D eigenvalue weighted by molar-refractivity contribution is 5.90. The Hall–Kier alpha value is -3.54. The van der Waals surface area contributed by atoms with Crippen LogP contribution in [-0.2, 0) is 11.2 Å². The van der Waals surface area contributed by atoms with E-state index in [2.05, 4.69) is 25.3 Å². The first-order valence-electron chi connectivity index (χ1n) is 9.62. The van der Waals surface area contributed by atoms with Crippen LogP contribution in [0.2, 0.25) is 0 Å². The summed E-state index contributed by atoms with van der Waals surface area (Å²) in [5, 5.41) is 4.18. The van der Waals surface area contributed by atoms with Gasteiger partial charge in [-0.1, -0.05) is 18.2 Å². The van der Waals surface area contributed by atoms with Gasteiger partial charge in [0.15, 0.2) is 5.82 Å². The summed E-state index contributed by atoms with van der Waals surface area (Å²) in [6.45, 7) is 5.90. The van der Waals surface area contributed by atoms with Crippen LogP contribution < -0.4 is 5.32 Å². The molecule has 0 radical (unpaired) electrons. The van der Waals surface area contributed by atoms with Gasteiger partial charge in [0, 0.05) is 52.0 Å². The first kappa shape index (κ1) is 18.8. The van der Waals surface area contributed by atoms with Crippen molar-refractivity contribution in [3.63, 3.8) is 0 Å². The second-order valence-electron chi connectivity index (χ2n) is 7.21. The lowest BCUT2D eigenvalue weighted by molar-refractivity contribution is -0.121. The molecule has 4 aromatic rings. The Morgan fingerprint density at radius 2 is 1.90 bits per heavy atom. The van der Waals surface area contributed by atoms with Crippen LogP contribution in [-0.4, -0.2) is 25.8 Å². The number of pyridine rings is 1. The molecule has 6 heteroatoms. The molecule has 0 fully saturated rings.